The van der Waals surface area contributed by atoms with Gasteiger partial charge in [-0.15, -0.1) is 0 Å². The molecule has 1 amide bonds. The van der Waals surface area contributed by atoms with Crippen LogP contribution in [-0.2, 0) is 0 Å². The van der Waals surface area contributed by atoms with Crippen LogP contribution in [0.1, 0.15) is 10.6 Å². The van der Waals surface area contributed by atoms with Crippen LogP contribution in [0.4, 0.5) is 5.69 Å². The summed E-state index contributed by atoms with van der Waals surface area (Å²) in [4.78, 5) is 11.4. The van der Waals surface area contributed by atoms with E-state index >= 15 is 0 Å². The molecule has 0 unspecified atom stereocenters. The number of furan rings is 1. The van der Waals surface area contributed by atoms with Crippen molar-refractivity contribution in [2.75, 3.05) is 5.32 Å². The molecule has 0 aliphatic heterocycles. The highest BCUT2D eigenvalue weighted by Crippen LogP contribution is 2.06. The molecule has 2 aromatic rings. The van der Waals surface area contributed by atoms with E-state index in [9.17, 15) is 4.79 Å². The first kappa shape index (κ1) is 8.43. The number of hydrogen-bond donors (Lipinski definition) is 1. The second-order valence-electron chi connectivity index (χ2n) is 2.56. The first-order valence-corrected chi connectivity index (χ1v) is 3.98. The Hall–Kier alpha value is -2.17. The van der Waals surface area contributed by atoms with Gasteiger partial charge in [0.05, 0.1) is 24.3 Å². The summed E-state index contributed by atoms with van der Waals surface area (Å²) in [6.45, 7) is 0. The molecule has 0 spiro atoms. The third-order valence-electron chi connectivity index (χ3n) is 1.59. The molecule has 2 heterocycles. The molecule has 0 saturated carbocycles. The van der Waals surface area contributed by atoms with Crippen molar-refractivity contribution >= 4 is 11.6 Å². The van der Waals surface area contributed by atoms with Gasteiger partial charge in [0.1, 0.15) is 0 Å². The normalized spacial score (nSPS) is 9.71. The first-order valence-electron chi connectivity index (χ1n) is 3.98. The summed E-state index contributed by atoms with van der Waals surface area (Å²) >= 11 is 0. The Bertz CT molecular complexity index is 411. The highest BCUT2D eigenvalue weighted by Gasteiger charge is 2.07. The molecule has 0 aliphatic rings. The van der Waals surface area contributed by atoms with Gasteiger partial charge in [-0.3, -0.25) is 4.79 Å². The van der Waals surface area contributed by atoms with E-state index < -0.39 is 0 Å². The van der Waals surface area contributed by atoms with E-state index in [-0.39, 0.29) is 11.7 Å². The molecule has 2 aromatic heterocycles. The predicted molar refractivity (Wildman–Crippen MR) is 48.7 cm³/mol. The second-order valence-corrected chi connectivity index (χ2v) is 2.56. The molecule has 5 nitrogen and oxygen atoms in total. The number of rotatable bonds is 2. The Morgan fingerprint density at radius 3 is 2.93 bits per heavy atom. The van der Waals surface area contributed by atoms with E-state index in [0.29, 0.717) is 5.69 Å². The van der Waals surface area contributed by atoms with Gasteiger partial charge in [-0.25, -0.2) is 0 Å². The zero-order valence-corrected chi connectivity index (χ0v) is 7.18. The summed E-state index contributed by atoms with van der Waals surface area (Å²) in [6, 6.07) is 4.89. The summed E-state index contributed by atoms with van der Waals surface area (Å²) in [5.41, 5.74) is 0.585. The fraction of sp³-hybridized carbons (Fsp3) is 0. The van der Waals surface area contributed by atoms with Gasteiger partial charge in [0.2, 0.25) is 0 Å². The molecule has 70 valence electrons. The summed E-state index contributed by atoms with van der Waals surface area (Å²) < 4.78 is 4.92. The Balaban J connectivity index is 2.10. The molecule has 5 heteroatoms. The fourth-order valence-electron chi connectivity index (χ4n) is 0.965. The predicted octanol–water partition coefficient (Wildman–Crippen LogP) is 1.32. The third kappa shape index (κ3) is 1.77. The number of anilines is 1. The standard InChI is InChI=1S/C9H7N3O2/c13-9(8-2-1-5-14-8)12-7-3-4-10-11-6-7/h1-6H,(H,10,12,13). The number of carbonyl (C=O) groups excluding carboxylic acids is 1. The molecular formula is C9H7N3O2. The molecule has 0 atom stereocenters. The average molecular weight is 189 g/mol. The first-order chi connectivity index (χ1) is 6.86. The molecular weight excluding hydrogens is 182 g/mol. The monoisotopic (exact) mass is 189 g/mol. The number of aromatic nitrogens is 2. The highest BCUT2D eigenvalue weighted by atomic mass is 16.3. The van der Waals surface area contributed by atoms with Crippen molar-refractivity contribution in [3.8, 4) is 0 Å². The second kappa shape index (κ2) is 3.69. The molecule has 2 rings (SSSR count). The van der Waals surface area contributed by atoms with E-state index in [2.05, 4.69) is 15.5 Å². The smallest absolute Gasteiger partial charge is 0.291 e. The van der Waals surface area contributed by atoms with Crippen LogP contribution in [0.25, 0.3) is 0 Å². The summed E-state index contributed by atoms with van der Waals surface area (Å²) in [5, 5.41) is 9.82. The molecule has 0 fully saturated rings. The van der Waals surface area contributed by atoms with Crippen molar-refractivity contribution in [2.24, 2.45) is 0 Å². The Morgan fingerprint density at radius 2 is 2.29 bits per heavy atom. The molecule has 0 saturated heterocycles. The number of nitrogens with one attached hydrogen (secondary N) is 1. The van der Waals surface area contributed by atoms with Crippen molar-refractivity contribution in [3.05, 3.63) is 42.6 Å². The van der Waals surface area contributed by atoms with Crippen LogP contribution in [0.5, 0.6) is 0 Å². The maximum Gasteiger partial charge on any atom is 0.291 e. The molecule has 0 aliphatic carbocycles. The zero-order valence-electron chi connectivity index (χ0n) is 7.18. The summed E-state index contributed by atoms with van der Waals surface area (Å²) in [7, 11) is 0. The van der Waals surface area contributed by atoms with Crippen molar-refractivity contribution in [2.45, 2.75) is 0 Å². The van der Waals surface area contributed by atoms with Crippen molar-refractivity contribution < 1.29 is 9.21 Å². The average Bonchev–Trinajstić information content (AvgIpc) is 2.72. The lowest BCUT2D eigenvalue weighted by molar-refractivity contribution is 0.0996. The van der Waals surface area contributed by atoms with Gasteiger partial charge in [0, 0.05) is 0 Å². The Kier molecular flexibility index (Phi) is 2.22. The van der Waals surface area contributed by atoms with Gasteiger partial charge in [-0.05, 0) is 18.2 Å². The molecule has 0 radical (unpaired) electrons. The van der Waals surface area contributed by atoms with Crippen LogP contribution in [0.2, 0.25) is 0 Å². The van der Waals surface area contributed by atoms with E-state index in [4.69, 9.17) is 4.42 Å². The number of amides is 1. The molecule has 0 bridgehead atoms. The Labute approximate surface area is 79.8 Å². The van der Waals surface area contributed by atoms with Crippen molar-refractivity contribution in [1.29, 1.82) is 0 Å². The topological polar surface area (TPSA) is 68.0 Å². The van der Waals surface area contributed by atoms with Crippen LogP contribution in [0, 0.1) is 0 Å². The third-order valence-corrected chi connectivity index (χ3v) is 1.59. The van der Waals surface area contributed by atoms with Gasteiger partial charge in [-0.2, -0.15) is 10.2 Å². The largest absolute Gasteiger partial charge is 0.459 e. The molecule has 14 heavy (non-hydrogen) atoms. The minimum Gasteiger partial charge on any atom is -0.459 e. The minimum absolute atomic E-state index is 0.266. The number of carbonyl (C=O) groups is 1. The van der Waals surface area contributed by atoms with Gasteiger partial charge in [0.15, 0.2) is 5.76 Å². The van der Waals surface area contributed by atoms with Gasteiger partial charge in [-0.1, -0.05) is 0 Å². The summed E-state index contributed by atoms with van der Waals surface area (Å²) in [6.07, 6.45) is 4.40. The van der Waals surface area contributed by atoms with Crippen LogP contribution in [0.15, 0.2) is 41.3 Å². The quantitative estimate of drug-likeness (QED) is 0.773. The lowest BCUT2D eigenvalue weighted by Gasteiger charge is -2.00. The van der Waals surface area contributed by atoms with E-state index in [1.807, 2.05) is 0 Å². The van der Waals surface area contributed by atoms with Crippen LogP contribution >= 0.6 is 0 Å². The SMILES string of the molecule is O=C(Nc1ccnnc1)c1ccco1. The van der Waals surface area contributed by atoms with Crippen molar-refractivity contribution in [3.63, 3.8) is 0 Å². The lowest BCUT2D eigenvalue weighted by atomic mass is 10.4. The van der Waals surface area contributed by atoms with Gasteiger partial charge in [0.25, 0.3) is 5.91 Å². The van der Waals surface area contributed by atoms with Gasteiger partial charge >= 0.3 is 0 Å². The maximum absolute atomic E-state index is 11.4. The van der Waals surface area contributed by atoms with Crippen LogP contribution in [0.3, 0.4) is 0 Å². The zero-order chi connectivity index (χ0) is 9.80. The highest BCUT2D eigenvalue weighted by molar-refractivity contribution is 6.02. The van der Waals surface area contributed by atoms with E-state index in [1.54, 1.807) is 18.2 Å². The minimum atomic E-state index is -0.303. The van der Waals surface area contributed by atoms with Crippen LogP contribution < -0.4 is 5.32 Å². The molecule has 1 N–H and O–H groups in total. The van der Waals surface area contributed by atoms with E-state index in [0.717, 1.165) is 0 Å². The maximum atomic E-state index is 11.4. The Morgan fingerprint density at radius 1 is 1.36 bits per heavy atom. The lowest BCUT2D eigenvalue weighted by Crippen LogP contribution is -2.10. The van der Waals surface area contributed by atoms with Crippen molar-refractivity contribution in [1.82, 2.24) is 10.2 Å². The van der Waals surface area contributed by atoms with Crippen LogP contribution in [-0.4, -0.2) is 16.1 Å². The fourth-order valence-corrected chi connectivity index (χ4v) is 0.965. The molecule has 0 aromatic carbocycles. The summed E-state index contributed by atoms with van der Waals surface area (Å²) in [5.74, 6) is -0.0372. The number of hydrogen-bond acceptors (Lipinski definition) is 4. The van der Waals surface area contributed by atoms with Gasteiger partial charge < -0.3 is 9.73 Å². The number of nitrogens with zero attached hydrogens (tertiary/aromatic N) is 2. The van der Waals surface area contributed by atoms with E-state index in [1.165, 1.54) is 18.7 Å².